The Morgan fingerprint density at radius 2 is 1.69 bits per heavy atom. The molecule has 2 N–H and O–H groups in total. The van der Waals surface area contributed by atoms with Crippen LogP contribution in [0.4, 0.5) is 16.3 Å². The molecule has 0 bridgehead atoms. The Bertz CT molecular complexity index is 2080. The first-order valence-electron chi connectivity index (χ1n) is 19.5. The fraction of sp³-hybridized carbons (Fsp3) is 0.463. The van der Waals surface area contributed by atoms with Gasteiger partial charge in [-0.2, -0.15) is 5.26 Å². The highest BCUT2D eigenvalue weighted by molar-refractivity contribution is 6.31. The highest BCUT2D eigenvalue weighted by atomic mass is 35.5. The van der Waals surface area contributed by atoms with E-state index in [1.54, 1.807) is 18.2 Å². The average molecular weight is 764 g/mol. The van der Waals surface area contributed by atoms with E-state index in [-0.39, 0.29) is 30.4 Å². The van der Waals surface area contributed by atoms with Gasteiger partial charge in [-0.15, -0.1) is 0 Å². The van der Waals surface area contributed by atoms with Gasteiger partial charge in [-0.3, -0.25) is 19.8 Å². The summed E-state index contributed by atoms with van der Waals surface area (Å²) in [5, 5.41) is 15.9. The van der Waals surface area contributed by atoms with Crippen molar-refractivity contribution in [2.75, 3.05) is 49.1 Å². The highest BCUT2D eigenvalue weighted by Crippen LogP contribution is 2.33. The summed E-state index contributed by atoms with van der Waals surface area (Å²) >= 11 is 6.16. The molecule has 4 amide bonds. The number of urea groups is 1. The Kier molecular flexibility index (Phi) is 10.9. The van der Waals surface area contributed by atoms with E-state index in [0.29, 0.717) is 46.2 Å². The number of imide groups is 1. The molecule has 286 valence electrons. The number of aromatic nitrogens is 3. The molecule has 0 unspecified atom stereocenters. The normalized spacial score (nSPS) is 21.7. The summed E-state index contributed by atoms with van der Waals surface area (Å²) < 4.78 is 8.34. The van der Waals surface area contributed by atoms with E-state index >= 15 is 0 Å². The van der Waals surface area contributed by atoms with Crippen LogP contribution in [0.5, 0.6) is 5.75 Å². The number of piperidine rings is 2. The number of amides is 4. The largest absolute Gasteiger partial charge is 0.490 e. The lowest BCUT2D eigenvalue weighted by molar-refractivity contribution is -0.120. The van der Waals surface area contributed by atoms with E-state index in [0.717, 1.165) is 101 Å². The summed E-state index contributed by atoms with van der Waals surface area (Å²) in [6.07, 6.45) is 11.6. The number of benzene rings is 2. The van der Waals surface area contributed by atoms with Gasteiger partial charge in [-0.25, -0.2) is 14.8 Å². The van der Waals surface area contributed by atoms with Gasteiger partial charge in [-0.1, -0.05) is 11.6 Å². The topological polar surface area (TPSA) is 149 Å². The Labute approximate surface area is 325 Å². The van der Waals surface area contributed by atoms with Gasteiger partial charge in [0.25, 0.3) is 5.91 Å². The molecule has 0 atom stereocenters. The van der Waals surface area contributed by atoms with Crippen molar-refractivity contribution >= 4 is 52.0 Å². The van der Waals surface area contributed by atoms with E-state index in [9.17, 15) is 14.4 Å². The molecule has 3 saturated heterocycles. The van der Waals surface area contributed by atoms with Gasteiger partial charge in [0.1, 0.15) is 29.6 Å². The fourth-order valence-corrected chi connectivity index (χ4v) is 8.83. The third kappa shape index (κ3) is 8.26. The Hall–Kier alpha value is -5.19. The molecule has 3 aliphatic heterocycles. The standard InChI is InChI=1S/C41H46ClN9O4/c42-36-23-34(8-3-29(36)24-43)55-33-9-4-30(5-10-33)46-40(53)28-1-6-31(7-2-28)49-19-11-27(12-20-49)25-48-17-13-32(14-18-48)50-21-15-35-38(50)44-26-45-39(35)51-22-16-37(52)47-41(51)54/h1-3,6-8,15,21,23,26-27,30,32-33H,4-5,9-14,16-20,22,25H2,(H,46,53)(H,47,52,54)/t30-,33-. The van der Waals surface area contributed by atoms with Gasteiger partial charge < -0.3 is 24.4 Å². The van der Waals surface area contributed by atoms with E-state index in [1.165, 1.54) is 11.2 Å². The van der Waals surface area contributed by atoms with Gasteiger partial charge in [-0.05, 0) is 99.7 Å². The number of hydrogen-bond acceptors (Lipinski definition) is 9. The second kappa shape index (κ2) is 16.3. The van der Waals surface area contributed by atoms with Gasteiger partial charge in [0, 0.05) is 81.3 Å². The van der Waals surface area contributed by atoms with Crippen molar-refractivity contribution in [1.82, 2.24) is 30.1 Å². The highest BCUT2D eigenvalue weighted by Gasteiger charge is 2.30. The summed E-state index contributed by atoms with van der Waals surface area (Å²) in [5.41, 5.74) is 3.10. The van der Waals surface area contributed by atoms with Crippen LogP contribution in [0.25, 0.3) is 11.0 Å². The minimum atomic E-state index is -0.437. The maximum absolute atomic E-state index is 13.1. The molecule has 8 rings (SSSR count). The fourth-order valence-electron chi connectivity index (χ4n) is 8.62. The lowest BCUT2D eigenvalue weighted by Gasteiger charge is -2.38. The second-order valence-corrected chi connectivity index (χ2v) is 15.6. The molecule has 1 saturated carbocycles. The van der Waals surface area contributed by atoms with E-state index in [4.69, 9.17) is 21.6 Å². The molecule has 5 heterocycles. The van der Waals surface area contributed by atoms with E-state index < -0.39 is 6.03 Å². The third-order valence-electron chi connectivity index (χ3n) is 11.7. The minimum absolute atomic E-state index is 0.0366. The molecule has 4 aliphatic rings. The number of nitrogens with one attached hydrogen (secondary N) is 2. The van der Waals surface area contributed by atoms with Crippen LogP contribution >= 0.6 is 11.6 Å². The zero-order valence-corrected chi connectivity index (χ0v) is 31.6. The van der Waals surface area contributed by atoms with Crippen LogP contribution in [0.2, 0.25) is 5.02 Å². The number of rotatable bonds is 9. The number of ether oxygens (including phenoxy) is 1. The van der Waals surface area contributed by atoms with Crippen molar-refractivity contribution in [2.24, 2.45) is 5.92 Å². The second-order valence-electron chi connectivity index (χ2n) is 15.2. The number of nitriles is 1. The summed E-state index contributed by atoms with van der Waals surface area (Å²) in [6.45, 7) is 5.50. The van der Waals surface area contributed by atoms with Crippen LogP contribution in [0.3, 0.4) is 0 Å². The Morgan fingerprint density at radius 3 is 2.40 bits per heavy atom. The molecule has 0 spiro atoms. The molecule has 0 radical (unpaired) electrons. The molecule has 1 aliphatic carbocycles. The van der Waals surface area contributed by atoms with Crippen molar-refractivity contribution in [3.05, 3.63) is 77.2 Å². The minimum Gasteiger partial charge on any atom is -0.490 e. The number of carbonyl (C=O) groups excluding carboxylic acids is 3. The summed E-state index contributed by atoms with van der Waals surface area (Å²) in [7, 11) is 0. The van der Waals surface area contributed by atoms with E-state index in [2.05, 4.69) is 59.4 Å². The van der Waals surface area contributed by atoms with Gasteiger partial charge in [0.15, 0.2) is 0 Å². The smallest absolute Gasteiger partial charge is 0.329 e. The molecular weight excluding hydrogens is 718 g/mol. The SMILES string of the molecule is N#Cc1ccc(O[C@H]2CC[C@H](NC(=O)c3ccc(N4CCC(CN5CCC(n6ccc7c(N8CCC(=O)NC8=O)ncnc76)CC5)CC4)cc3)CC2)cc1Cl. The van der Waals surface area contributed by atoms with Gasteiger partial charge in [0.05, 0.1) is 22.1 Å². The van der Waals surface area contributed by atoms with Gasteiger partial charge >= 0.3 is 6.03 Å². The van der Waals surface area contributed by atoms with Crippen LogP contribution in [0.15, 0.2) is 61.1 Å². The zero-order valence-electron chi connectivity index (χ0n) is 30.8. The molecule has 2 aromatic heterocycles. The number of hydrogen-bond donors (Lipinski definition) is 2. The number of carbonyl (C=O) groups is 3. The molecule has 4 aromatic rings. The quantitative estimate of drug-likeness (QED) is 0.207. The van der Waals surface area contributed by atoms with Crippen LogP contribution in [0.1, 0.15) is 79.8 Å². The first kappa shape index (κ1) is 36.8. The van der Waals surface area contributed by atoms with Crippen molar-refractivity contribution in [1.29, 1.82) is 5.26 Å². The predicted octanol–water partition coefficient (Wildman–Crippen LogP) is 6.08. The monoisotopic (exact) mass is 763 g/mol. The average Bonchev–Trinajstić information content (AvgIpc) is 3.64. The first-order valence-corrected chi connectivity index (χ1v) is 19.9. The molecule has 14 heteroatoms. The van der Waals surface area contributed by atoms with Gasteiger partial charge in [0.2, 0.25) is 5.91 Å². The third-order valence-corrected chi connectivity index (χ3v) is 12.1. The molecule has 13 nitrogen and oxygen atoms in total. The lowest BCUT2D eigenvalue weighted by atomic mass is 9.92. The van der Waals surface area contributed by atoms with Crippen LogP contribution in [-0.2, 0) is 4.79 Å². The van der Waals surface area contributed by atoms with Crippen molar-refractivity contribution < 1.29 is 19.1 Å². The number of anilines is 2. The molecule has 4 fully saturated rings. The van der Waals surface area contributed by atoms with Crippen LogP contribution in [0, 0.1) is 17.2 Å². The van der Waals surface area contributed by atoms with Crippen LogP contribution in [-0.4, -0.2) is 88.7 Å². The summed E-state index contributed by atoms with van der Waals surface area (Å²) in [6, 6.07) is 17.2. The molecule has 55 heavy (non-hydrogen) atoms. The lowest BCUT2D eigenvalue weighted by Crippen LogP contribution is -2.50. The summed E-state index contributed by atoms with van der Waals surface area (Å²) in [4.78, 5) is 52.8. The van der Waals surface area contributed by atoms with Crippen molar-refractivity contribution in [3.63, 3.8) is 0 Å². The maximum atomic E-state index is 13.1. The zero-order chi connectivity index (χ0) is 37.9. The maximum Gasteiger partial charge on any atom is 0.329 e. The number of likely N-dealkylation sites (tertiary alicyclic amines) is 1. The number of fused-ring (bicyclic) bond motifs is 1. The van der Waals surface area contributed by atoms with Crippen molar-refractivity contribution in [3.8, 4) is 11.8 Å². The Balaban J connectivity index is 0.760. The summed E-state index contributed by atoms with van der Waals surface area (Å²) in [5.74, 6) is 1.57. The molecule has 2 aromatic carbocycles. The Morgan fingerprint density at radius 1 is 0.927 bits per heavy atom. The number of nitrogens with zero attached hydrogens (tertiary/aromatic N) is 7. The first-order chi connectivity index (χ1) is 26.8. The van der Waals surface area contributed by atoms with E-state index in [1.807, 2.05) is 18.2 Å². The molecular formula is C41H46ClN9O4. The number of halogens is 1. The van der Waals surface area contributed by atoms with Crippen LogP contribution < -0.4 is 25.2 Å². The predicted molar refractivity (Wildman–Crippen MR) is 209 cm³/mol. The van der Waals surface area contributed by atoms with Crippen molar-refractivity contribution in [2.45, 2.75) is 76.0 Å².